The first kappa shape index (κ1) is 12.9. The van der Waals surface area contributed by atoms with Crippen LogP contribution in [0.2, 0.25) is 0 Å². The standard InChI is InChI=1S/C13H23N5/c1-3-14-13(17-7-4-5-8-17)15-6-9-18-11-12(2)10-16-18/h10-11H,3-9H2,1-2H3,(H,14,15). The van der Waals surface area contributed by atoms with Crippen LogP contribution in [-0.4, -0.2) is 46.8 Å². The predicted octanol–water partition coefficient (Wildman–Crippen LogP) is 1.25. The van der Waals surface area contributed by atoms with E-state index in [1.54, 1.807) is 0 Å². The van der Waals surface area contributed by atoms with Crippen LogP contribution < -0.4 is 5.32 Å². The lowest BCUT2D eigenvalue weighted by molar-refractivity contribution is 0.491. The van der Waals surface area contributed by atoms with Crippen molar-refractivity contribution in [2.45, 2.75) is 33.2 Å². The molecular weight excluding hydrogens is 226 g/mol. The molecule has 1 N–H and O–H groups in total. The summed E-state index contributed by atoms with van der Waals surface area (Å²) in [6.45, 7) is 8.98. The third kappa shape index (κ3) is 3.48. The van der Waals surface area contributed by atoms with Gasteiger partial charge in [-0.3, -0.25) is 9.67 Å². The van der Waals surface area contributed by atoms with Crippen molar-refractivity contribution in [1.82, 2.24) is 20.0 Å². The minimum atomic E-state index is 0.778. The summed E-state index contributed by atoms with van der Waals surface area (Å²) in [5.74, 6) is 1.05. The molecule has 100 valence electrons. The molecular formula is C13H23N5. The summed E-state index contributed by atoms with van der Waals surface area (Å²) in [4.78, 5) is 7.02. The average molecular weight is 249 g/mol. The van der Waals surface area contributed by atoms with E-state index in [9.17, 15) is 0 Å². The molecule has 18 heavy (non-hydrogen) atoms. The van der Waals surface area contributed by atoms with Crippen LogP contribution in [0, 0.1) is 6.92 Å². The number of aliphatic imine (C=N–C) groups is 1. The zero-order chi connectivity index (χ0) is 12.8. The van der Waals surface area contributed by atoms with E-state index in [1.807, 2.05) is 10.9 Å². The summed E-state index contributed by atoms with van der Waals surface area (Å²) in [6.07, 6.45) is 6.50. The van der Waals surface area contributed by atoms with Crippen LogP contribution in [0.1, 0.15) is 25.3 Å². The molecule has 0 aliphatic carbocycles. The van der Waals surface area contributed by atoms with Crippen molar-refractivity contribution in [1.29, 1.82) is 0 Å². The second kappa shape index (κ2) is 6.42. The lowest BCUT2D eigenvalue weighted by Crippen LogP contribution is -2.39. The molecule has 5 nitrogen and oxygen atoms in total. The van der Waals surface area contributed by atoms with Gasteiger partial charge >= 0.3 is 0 Å². The Bertz CT molecular complexity index is 390. The molecule has 0 saturated carbocycles. The van der Waals surface area contributed by atoms with E-state index in [-0.39, 0.29) is 0 Å². The summed E-state index contributed by atoms with van der Waals surface area (Å²) in [7, 11) is 0. The van der Waals surface area contributed by atoms with Gasteiger partial charge in [0.15, 0.2) is 5.96 Å². The third-order valence-corrected chi connectivity index (χ3v) is 3.09. The molecule has 1 saturated heterocycles. The maximum Gasteiger partial charge on any atom is 0.193 e. The van der Waals surface area contributed by atoms with Gasteiger partial charge < -0.3 is 10.2 Å². The summed E-state index contributed by atoms with van der Waals surface area (Å²) in [5, 5.41) is 7.63. The highest BCUT2D eigenvalue weighted by Crippen LogP contribution is 2.07. The molecule has 5 heteroatoms. The van der Waals surface area contributed by atoms with Crippen molar-refractivity contribution in [2.24, 2.45) is 4.99 Å². The van der Waals surface area contributed by atoms with Gasteiger partial charge in [0.1, 0.15) is 0 Å². The molecule has 1 aliphatic rings. The van der Waals surface area contributed by atoms with Crippen molar-refractivity contribution >= 4 is 5.96 Å². The molecule has 2 rings (SSSR count). The molecule has 0 unspecified atom stereocenters. The number of nitrogens with one attached hydrogen (secondary N) is 1. The monoisotopic (exact) mass is 249 g/mol. The van der Waals surface area contributed by atoms with E-state index in [4.69, 9.17) is 0 Å². The number of guanidine groups is 1. The van der Waals surface area contributed by atoms with Crippen LogP contribution in [-0.2, 0) is 6.54 Å². The first-order chi connectivity index (χ1) is 8.79. The van der Waals surface area contributed by atoms with E-state index in [2.05, 4.69) is 40.4 Å². The van der Waals surface area contributed by atoms with Gasteiger partial charge in [-0.15, -0.1) is 0 Å². The van der Waals surface area contributed by atoms with E-state index in [1.165, 1.54) is 18.4 Å². The minimum absolute atomic E-state index is 0.778. The molecule has 1 aliphatic heterocycles. The van der Waals surface area contributed by atoms with Crippen molar-refractivity contribution in [3.63, 3.8) is 0 Å². The molecule has 0 bridgehead atoms. The maximum atomic E-state index is 4.67. The van der Waals surface area contributed by atoms with Crippen molar-refractivity contribution in [3.8, 4) is 0 Å². The molecule has 0 atom stereocenters. The fourth-order valence-electron chi connectivity index (χ4n) is 2.20. The minimum Gasteiger partial charge on any atom is -0.357 e. The van der Waals surface area contributed by atoms with Gasteiger partial charge in [-0.2, -0.15) is 5.10 Å². The summed E-state index contributed by atoms with van der Waals surface area (Å²) < 4.78 is 1.95. The summed E-state index contributed by atoms with van der Waals surface area (Å²) in [6, 6.07) is 0. The summed E-state index contributed by atoms with van der Waals surface area (Å²) in [5.41, 5.74) is 1.20. The van der Waals surface area contributed by atoms with E-state index >= 15 is 0 Å². The average Bonchev–Trinajstić information content (AvgIpc) is 2.99. The van der Waals surface area contributed by atoms with Gasteiger partial charge in [0, 0.05) is 25.8 Å². The van der Waals surface area contributed by atoms with Crippen molar-refractivity contribution in [2.75, 3.05) is 26.2 Å². The molecule has 2 heterocycles. The molecule has 0 spiro atoms. The first-order valence-corrected chi connectivity index (χ1v) is 6.82. The van der Waals surface area contributed by atoms with Crippen LogP contribution in [0.4, 0.5) is 0 Å². The van der Waals surface area contributed by atoms with Crippen LogP contribution in [0.5, 0.6) is 0 Å². The highest BCUT2D eigenvalue weighted by Gasteiger charge is 2.14. The van der Waals surface area contributed by atoms with Gasteiger partial charge in [-0.05, 0) is 32.3 Å². The highest BCUT2D eigenvalue weighted by molar-refractivity contribution is 5.80. The Hall–Kier alpha value is -1.52. The van der Waals surface area contributed by atoms with Crippen LogP contribution >= 0.6 is 0 Å². The molecule has 0 radical (unpaired) electrons. The van der Waals surface area contributed by atoms with Gasteiger partial charge in [0.2, 0.25) is 0 Å². The van der Waals surface area contributed by atoms with Crippen molar-refractivity contribution < 1.29 is 0 Å². The summed E-state index contributed by atoms with van der Waals surface area (Å²) >= 11 is 0. The normalized spacial score (nSPS) is 16.3. The lowest BCUT2D eigenvalue weighted by atomic mass is 10.4. The Labute approximate surface area is 109 Å². The number of hydrogen-bond donors (Lipinski definition) is 1. The Morgan fingerprint density at radius 3 is 2.83 bits per heavy atom. The van der Waals surface area contributed by atoms with Gasteiger partial charge in [0.05, 0.1) is 19.3 Å². The molecule has 0 aromatic carbocycles. The van der Waals surface area contributed by atoms with Gasteiger partial charge in [-0.1, -0.05) is 0 Å². The second-order valence-electron chi connectivity index (χ2n) is 4.71. The fraction of sp³-hybridized carbons (Fsp3) is 0.692. The third-order valence-electron chi connectivity index (χ3n) is 3.09. The predicted molar refractivity (Wildman–Crippen MR) is 73.7 cm³/mol. The molecule has 1 aromatic heterocycles. The number of aromatic nitrogens is 2. The van der Waals surface area contributed by atoms with Crippen LogP contribution in [0.3, 0.4) is 0 Å². The smallest absolute Gasteiger partial charge is 0.193 e. The number of rotatable bonds is 4. The second-order valence-corrected chi connectivity index (χ2v) is 4.71. The number of hydrogen-bond acceptors (Lipinski definition) is 2. The zero-order valence-electron chi connectivity index (χ0n) is 11.4. The Morgan fingerprint density at radius 1 is 1.44 bits per heavy atom. The van der Waals surface area contributed by atoms with E-state index in [0.29, 0.717) is 0 Å². The molecule has 1 aromatic rings. The topological polar surface area (TPSA) is 45.5 Å². The van der Waals surface area contributed by atoms with Crippen LogP contribution in [0.15, 0.2) is 17.4 Å². The Kier molecular flexibility index (Phi) is 4.61. The van der Waals surface area contributed by atoms with Gasteiger partial charge in [-0.25, -0.2) is 0 Å². The number of likely N-dealkylation sites (tertiary alicyclic amines) is 1. The molecule has 0 amide bonds. The largest absolute Gasteiger partial charge is 0.357 e. The van der Waals surface area contributed by atoms with Crippen molar-refractivity contribution in [3.05, 3.63) is 18.0 Å². The quantitative estimate of drug-likeness (QED) is 0.645. The lowest BCUT2D eigenvalue weighted by Gasteiger charge is -2.20. The zero-order valence-corrected chi connectivity index (χ0v) is 11.4. The van der Waals surface area contributed by atoms with Crippen LogP contribution in [0.25, 0.3) is 0 Å². The van der Waals surface area contributed by atoms with E-state index in [0.717, 1.165) is 38.7 Å². The Balaban J connectivity index is 1.87. The fourth-order valence-corrected chi connectivity index (χ4v) is 2.20. The number of aryl methyl sites for hydroxylation is 1. The SMILES string of the molecule is CCNC(=NCCn1cc(C)cn1)N1CCCC1. The number of nitrogens with zero attached hydrogens (tertiary/aromatic N) is 4. The highest BCUT2D eigenvalue weighted by atomic mass is 15.3. The Morgan fingerprint density at radius 2 is 2.22 bits per heavy atom. The maximum absolute atomic E-state index is 4.67. The molecule has 1 fully saturated rings. The van der Waals surface area contributed by atoms with E-state index < -0.39 is 0 Å². The van der Waals surface area contributed by atoms with Gasteiger partial charge in [0.25, 0.3) is 0 Å². The first-order valence-electron chi connectivity index (χ1n) is 6.82.